The number of hydrogen-bond acceptors (Lipinski definition) is 8. The van der Waals surface area contributed by atoms with Crippen LogP contribution in [0.1, 0.15) is 92.4 Å². The normalized spacial score (nSPS) is 35.8. The zero-order chi connectivity index (χ0) is 33.4. The lowest BCUT2D eigenvalue weighted by atomic mass is 9.88. The molecule has 4 aliphatic rings. The molecule has 258 valence electrons. The van der Waals surface area contributed by atoms with Gasteiger partial charge >= 0.3 is 5.97 Å². The Morgan fingerprint density at radius 1 is 1.02 bits per heavy atom. The second-order valence-corrected chi connectivity index (χ2v) is 14.3. The van der Waals surface area contributed by atoms with Crippen LogP contribution < -0.4 is 10.6 Å². The first-order chi connectivity index (χ1) is 21.8. The van der Waals surface area contributed by atoms with Gasteiger partial charge in [0.05, 0.1) is 49.1 Å². The van der Waals surface area contributed by atoms with Crippen molar-refractivity contribution in [1.29, 1.82) is 0 Å². The zero-order valence-corrected chi connectivity index (χ0v) is 29.0. The lowest BCUT2D eigenvalue weighted by Crippen LogP contribution is -2.50. The molecular formula is C36H57N3O7. The summed E-state index contributed by atoms with van der Waals surface area (Å²) >= 11 is 0. The maximum atomic E-state index is 12.9. The molecule has 2 N–H and O–H groups in total. The molecule has 0 aromatic rings. The molecule has 1 saturated carbocycles. The maximum absolute atomic E-state index is 12.9. The summed E-state index contributed by atoms with van der Waals surface area (Å²) in [6.45, 7) is 10.0. The molecule has 2 amide bonds. The van der Waals surface area contributed by atoms with Crippen molar-refractivity contribution >= 4 is 17.8 Å². The van der Waals surface area contributed by atoms with E-state index in [9.17, 15) is 14.4 Å². The van der Waals surface area contributed by atoms with Gasteiger partial charge in [-0.05, 0) is 85.4 Å². The fourth-order valence-electron chi connectivity index (χ4n) is 7.11. The highest BCUT2D eigenvalue weighted by molar-refractivity contribution is 5.87. The van der Waals surface area contributed by atoms with Crippen LogP contribution in [0.4, 0.5) is 0 Å². The molecule has 10 nitrogen and oxygen atoms in total. The van der Waals surface area contributed by atoms with Gasteiger partial charge in [0.1, 0.15) is 6.10 Å². The molecule has 4 rings (SSSR count). The largest absolute Gasteiger partial charge is 0.459 e. The summed E-state index contributed by atoms with van der Waals surface area (Å²) in [6.07, 6.45) is 16.5. The minimum absolute atomic E-state index is 0.0564. The molecule has 8 atom stereocenters. The zero-order valence-electron chi connectivity index (χ0n) is 29.0. The highest BCUT2D eigenvalue weighted by Crippen LogP contribution is 2.43. The van der Waals surface area contributed by atoms with Crippen LogP contribution >= 0.6 is 0 Å². The standard InChI is InChI=1S/C36H57N3O7/c1-23(9-16-33-24(2)18-32(26(4)45-33)38-34(41)17-10-25(3)44-27(5)40)8-15-30-20-36(22-43-36)21-31(46-30)19-35(42)37-28-11-13-29(14-12-28)39(6)7/h8-10,15,17,24-26,28-33H,11-14,16,18-22H2,1-7H3,(H,37,42)(H,38,41)/b15-8+,17-10-,23-9+/t24-,25-,26+,28-,29+,30+,31+,32+,33-,36+/m0/s1. The van der Waals surface area contributed by atoms with E-state index in [-0.39, 0.29) is 65.8 Å². The van der Waals surface area contributed by atoms with Crippen molar-refractivity contribution in [2.24, 2.45) is 5.92 Å². The molecule has 46 heavy (non-hydrogen) atoms. The summed E-state index contributed by atoms with van der Waals surface area (Å²) in [6, 6.07) is 0.780. The van der Waals surface area contributed by atoms with E-state index in [0.717, 1.165) is 63.5 Å². The maximum Gasteiger partial charge on any atom is 0.303 e. The lowest BCUT2D eigenvalue weighted by Gasteiger charge is -2.39. The number of nitrogens with zero attached hydrogens (tertiary/aromatic N) is 1. The van der Waals surface area contributed by atoms with Gasteiger partial charge in [-0.15, -0.1) is 0 Å². The van der Waals surface area contributed by atoms with Crippen LogP contribution in [0.2, 0.25) is 0 Å². The van der Waals surface area contributed by atoms with E-state index in [1.54, 1.807) is 13.0 Å². The minimum Gasteiger partial charge on any atom is -0.459 e. The first-order valence-corrected chi connectivity index (χ1v) is 17.2. The first-order valence-electron chi connectivity index (χ1n) is 17.2. The monoisotopic (exact) mass is 643 g/mol. The van der Waals surface area contributed by atoms with Crippen LogP contribution in [0.25, 0.3) is 0 Å². The topological polar surface area (TPSA) is 119 Å². The van der Waals surface area contributed by atoms with E-state index >= 15 is 0 Å². The van der Waals surface area contributed by atoms with Crippen LogP contribution in [-0.4, -0.2) is 97.6 Å². The van der Waals surface area contributed by atoms with Gasteiger partial charge in [0.25, 0.3) is 0 Å². The predicted octanol–water partition coefficient (Wildman–Crippen LogP) is 4.38. The van der Waals surface area contributed by atoms with Gasteiger partial charge in [-0.2, -0.15) is 0 Å². The highest BCUT2D eigenvalue weighted by atomic mass is 16.6. The molecule has 10 heteroatoms. The van der Waals surface area contributed by atoms with Gasteiger partial charge in [-0.25, -0.2) is 0 Å². The van der Waals surface area contributed by atoms with E-state index in [2.05, 4.69) is 61.7 Å². The van der Waals surface area contributed by atoms with Gasteiger partial charge in [0, 0.05) is 37.9 Å². The third-order valence-corrected chi connectivity index (χ3v) is 9.96. The fourth-order valence-corrected chi connectivity index (χ4v) is 7.11. The molecule has 0 bridgehead atoms. The molecule has 3 aliphatic heterocycles. The molecule has 0 aromatic carbocycles. The molecule has 1 aliphatic carbocycles. The van der Waals surface area contributed by atoms with Crippen LogP contribution in [0.5, 0.6) is 0 Å². The number of carbonyl (C=O) groups excluding carboxylic acids is 3. The van der Waals surface area contributed by atoms with Gasteiger partial charge in [-0.3, -0.25) is 14.4 Å². The van der Waals surface area contributed by atoms with Gasteiger partial charge < -0.3 is 34.5 Å². The number of ether oxygens (including phenoxy) is 4. The quantitative estimate of drug-likeness (QED) is 0.139. The first kappa shape index (κ1) is 36.3. The number of allylic oxidation sites excluding steroid dienone is 2. The number of rotatable bonds is 12. The Kier molecular flexibility index (Phi) is 13.0. The molecule has 0 unspecified atom stereocenters. The Bertz CT molecular complexity index is 1140. The average molecular weight is 644 g/mol. The Morgan fingerprint density at radius 3 is 2.39 bits per heavy atom. The van der Waals surface area contributed by atoms with Crippen molar-refractivity contribution in [1.82, 2.24) is 15.5 Å². The lowest BCUT2D eigenvalue weighted by molar-refractivity contribution is -0.143. The van der Waals surface area contributed by atoms with Crippen molar-refractivity contribution in [2.45, 2.75) is 147 Å². The Balaban J connectivity index is 1.21. The Hall–Kier alpha value is -2.53. The molecule has 3 saturated heterocycles. The summed E-state index contributed by atoms with van der Waals surface area (Å²) in [5.74, 6) is -0.257. The smallest absolute Gasteiger partial charge is 0.303 e. The Morgan fingerprint density at radius 2 is 1.74 bits per heavy atom. The third-order valence-electron chi connectivity index (χ3n) is 9.96. The van der Waals surface area contributed by atoms with Crippen LogP contribution in [0.15, 0.2) is 36.0 Å². The number of esters is 1. The third kappa shape index (κ3) is 11.3. The van der Waals surface area contributed by atoms with E-state index < -0.39 is 6.10 Å². The molecular weight excluding hydrogens is 586 g/mol. The summed E-state index contributed by atoms with van der Waals surface area (Å²) in [7, 11) is 4.26. The van der Waals surface area contributed by atoms with Gasteiger partial charge in [0.2, 0.25) is 11.8 Å². The molecule has 0 aromatic heterocycles. The second-order valence-electron chi connectivity index (χ2n) is 14.3. The van der Waals surface area contributed by atoms with E-state index in [1.807, 2.05) is 6.92 Å². The van der Waals surface area contributed by atoms with E-state index in [0.29, 0.717) is 12.5 Å². The van der Waals surface area contributed by atoms with Crippen molar-refractivity contribution in [3.8, 4) is 0 Å². The van der Waals surface area contributed by atoms with Gasteiger partial charge in [0.15, 0.2) is 0 Å². The summed E-state index contributed by atoms with van der Waals surface area (Å²) in [5.41, 5.74) is 0.983. The number of carbonyl (C=O) groups is 3. The van der Waals surface area contributed by atoms with Crippen molar-refractivity contribution in [2.75, 3.05) is 20.7 Å². The van der Waals surface area contributed by atoms with Crippen molar-refractivity contribution < 1.29 is 33.3 Å². The minimum atomic E-state index is -0.459. The highest BCUT2D eigenvalue weighted by Gasteiger charge is 2.51. The molecule has 1 spiro atoms. The summed E-state index contributed by atoms with van der Waals surface area (Å²) in [4.78, 5) is 38.7. The fraction of sp³-hybridized carbons (Fsp3) is 0.750. The van der Waals surface area contributed by atoms with E-state index in [1.165, 1.54) is 13.0 Å². The van der Waals surface area contributed by atoms with Crippen LogP contribution in [-0.2, 0) is 33.3 Å². The number of hydrogen-bond donors (Lipinski definition) is 2. The van der Waals surface area contributed by atoms with Crippen LogP contribution in [0, 0.1) is 5.92 Å². The summed E-state index contributed by atoms with van der Waals surface area (Å²) in [5, 5.41) is 6.30. The number of nitrogens with one attached hydrogen (secondary N) is 2. The summed E-state index contributed by atoms with van der Waals surface area (Å²) < 4.78 is 23.6. The molecule has 0 radical (unpaired) electrons. The second kappa shape index (κ2) is 16.5. The molecule has 3 heterocycles. The van der Waals surface area contributed by atoms with E-state index in [4.69, 9.17) is 18.9 Å². The Labute approximate surface area is 275 Å². The van der Waals surface area contributed by atoms with Crippen molar-refractivity contribution in [3.05, 3.63) is 36.0 Å². The molecule has 4 fully saturated rings. The van der Waals surface area contributed by atoms with Crippen LogP contribution in [0.3, 0.4) is 0 Å². The SMILES string of the molecule is CC(=O)O[C@@H](C)/C=C\C(=O)N[C@@H]1C[C@H](C)[C@H](C/C=C(C)/C=C/[C@@H]2C[C@]3(CO3)C[C@@H](CC(=O)N[C@H]3CC[C@@H](N(C)C)CC3)O2)O[C@@H]1C. The van der Waals surface area contributed by atoms with Crippen molar-refractivity contribution in [3.63, 3.8) is 0 Å². The number of epoxide rings is 1. The van der Waals surface area contributed by atoms with Gasteiger partial charge in [-0.1, -0.05) is 30.7 Å². The number of amides is 2. The predicted molar refractivity (Wildman–Crippen MR) is 177 cm³/mol. The average Bonchev–Trinajstić information content (AvgIpc) is 3.72.